The van der Waals surface area contributed by atoms with E-state index in [0.29, 0.717) is 5.69 Å². The standard InChI is InChI=1S/C12H14F3NO3/c1-3-18-11(17)7-19-10-5-4-8(16-2)6-9(10)12(13,14)15/h4-6,16H,3,7H2,1-2H3. The Hall–Kier alpha value is -1.92. The third kappa shape index (κ3) is 4.35. The molecule has 1 aromatic carbocycles. The monoisotopic (exact) mass is 277 g/mol. The van der Waals surface area contributed by atoms with Gasteiger partial charge in [-0.3, -0.25) is 0 Å². The van der Waals surface area contributed by atoms with E-state index in [1.165, 1.54) is 13.1 Å². The van der Waals surface area contributed by atoms with Crippen molar-refractivity contribution in [3.63, 3.8) is 0 Å². The van der Waals surface area contributed by atoms with Crippen LogP contribution in [0.2, 0.25) is 0 Å². The summed E-state index contributed by atoms with van der Waals surface area (Å²) in [4.78, 5) is 11.1. The van der Waals surface area contributed by atoms with Crippen LogP contribution < -0.4 is 10.1 Å². The van der Waals surface area contributed by atoms with Gasteiger partial charge in [-0.05, 0) is 25.1 Å². The first-order valence-corrected chi connectivity index (χ1v) is 5.56. The molecule has 106 valence electrons. The number of carbonyl (C=O) groups is 1. The van der Waals surface area contributed by atoms with E-state index < -0.39 is 30.1 Å². The Balaban J connectivity index is 2.91. The molecule has 0 aliphatic heterocycles. The summed E-state index contributed by atoms with van der Waals surface area (Å²) in [5.74, 6) is -1.12. The molecule has 7 heteroatoms. The fraction of sp³-hybridized carbons (Fsp3) is 0.417. The molecule has 0 aliphatic rings. The topological polar surface area (TPSA) is 47.6 Å². The van der Waals surface area contributed by atoms with Crippen LogP contribution in [0.25, 0.3) is 0 Å². The summed E-state index contributed by atoms with van der Waals surface area (Å²) >= 11 is 0. The Kier molecular flexibility index (Phi) is 5.02. The third-order valence-corrected chi connectivity index (χ3v) is 2.22. The van der Waals surface area contributed by atoms with Crippen LogP contribution in [0.15, 0.2) is 18.2 Å². The number of esters is 1. The van der Waals surface area contributed by atoms with Gasteiger partial charge < -0.3 is 14.8 Å². The van der Waals surface area contributed by atoms with Gasteiger partial charge in [0.05, 0.1) is 12.2 Å². The molecule has 0 unspecified atom stereocenters. The van der Waals surface area contributed by atoms with Crippen LogP contribution in [0.3, 0.4) is 0 Å². The molecule has 0 bridgehead atoms. The van der Waals surface area contributed by atoms with Gasteiger partial charge in [0.15, 0.2) is 6.61 Å². The summed E-state index contributed by atoms with van der Waals surface area (Å²) in [6.45, 7) is 1.18. The molecule has 0 fully saturated rings. The molecule has 0 saturated heterocycles. The number of halogens is 3. The molecule has 0 aliphatic carbocycles. The molecule has 0 atom stereocenters. The largest absolute Gasteiger partial charge is 0.481 e. The van der Waals surface area contributed by atoms with Crippen molar-refractivity contribution in [2.75, 3.05) is 25.6 Å². The van der Waals surface area contributed by atoms with Crippen molar-refractivity contribution in [2.24, 2.45) is 0 Å². The van der Waals surface area contributed by atoms with Crippen molar-refractivity contribution in [1.29, 1.82) is 0 Å². The molecule has 1 N–H and O–H groups in total. The number of hydrogen-bond acceptors (Lipinski definition) is 4. The Morgan fingerprint density at radius 2 is 2.05 bits per heavy atom. The number of benzene rings is 1. The first-order chi connectivity index (χ1) is 8.88. The number of anilines is 1. The molecule has 19 heavy (non-hydrogen) atoms. The first-order valence-electron chi connectivity index (χ1n) is 5.56. The highest BCUT2D eigenvalue weighted by Crippen LogP contribution is 2.37. The van der Waals surface area contributed by atoms with Crippen LogP contribution >= 0.6 is 0 Å². The van der Waals surface area contributed by atoms with E-state index in [2.05, 4.69) is 10.1 Å². The van der Waals surface area contributed by atoms with Gasteiger partial charge in [-0.1, -0.05) is 0 Å². The first kappa shape index (κ1) is 15.1. The molecule has 4 nitrogen and oxygen atoms in total. The lowest BCUT2D eigenvalue weighted by Gasteiger charge is -2.14. The van der Waals surface area contributed by atoms with Crippen LogP contribution in [-0.2, 0) is 15.7 Å². The Morgan fingerprint density at radius 3 is 2.58 bits per heavy atom. The van der Waals surface area contributed by atoms with E-state index >= 15 is 0 Å². The molecular weight excluding hydrogens is 263 g/mol. The SMILES string of the molecule is CCOC(=O)COc1ccc(NC)cc1C(F)(F)F. The van der Waals surface area contributed by atoms with Crippen molar-refractivity contribution >= 4 is 11.7 Å². The van der Waals surface area contributed by atoms with Gasteiger partial charge in [0.25, 0.3) is 0 Å². The normalized spacial score (nSPS) is 11.0. The second kappa shape index (κ2) is 6.31. The maximum absolute atomic E-state index is 12.8. The molecule has 0 heterocycles. The predicted molar refractivity (Wildman–Crippen MR) is 63.1 cm³/mol. The van der Waals surface area contributed by atoms with E-state index in [1.54, 1.807) is 6.92 Å². The minimum Gasteiger partial charge on any atom is -0.481 e. The lowest BCUT2D eigenvalue weighted by atomic mass is 10.1. The second-order valence-corrected chi connectivity index (χ2v) is 3.55. The fourth-order valence-corrected chi connectivity index (χ4v) is 1.37. The zero-order valence-electron chi connectivity index (χ0n) is 10.5. The molecular formula is C12H14F3NO3. The zero-order chi connectivity index (χ0) is 14.5. The molecule has 1 rings (SSSR count). The number of alkyl halides is 3. The van der Waals surface area contributed by atoms with Crippen LogP contribution in [-0.4, -0.2) is 26.2 Å². The van der Waals surface area contributed by atoms with Gasteiger partial charge in [0.1, 0.15) is 5.75 Å². The molecule has 0 radical (unpaired) electrons. The maximum Gasteiger partial charge on any atom is 0.420 e. The highest BCUT2D eigenvalue weighted by atomic mass is 19.4. The summed E-state index contributed by atoms with van der Waals surface area (Å²) in [6, 6.07) is 3.50. The minimum absolute atomic E-state index is 0.146. The number of ether oxygens (including phenoxy) is 2. The van der Waals surface area contributed by atoms with E-state index in [9.17, 15) is 18.0 Å². The molecule has 0 saturated carbocycles. The summed E-state index contributed by atoms with van der Waals surface area (Å²) in [5.41, 5.74) is -0.639. The second-order valence-electron chi connectivity index (χ2n) is 3.55. The van der Waals surface area contributed by atoms with Crippen molar-refractivity contribution in [3.8, 4) is 5.75 Å². The van der Waals surface area contributed by atoms with Crippen molar-refractivity contribution < 1.29 is 27.4 Å². The maximum atomic E-state index is 12.8. The fourth-order valence-electron chi connectivity index (χ4n) is 1.37. The van der Waals surface area contributed by atoms with Gasteiger partial charge in [-0.15, -0.1) is 0 Å². The lowest BCUT2D eigenvalue weighted by Crippen LogP contribution is -2.17. The number of carbonyl (C=O) groups excluding carboxylic acids is 1. The van der Waals surface area contributed by atoms with Crippen molar-refractivity contribution in [3.05, 3.63) is 23.8 Å². The number of rotatable bonds is 5. The lowest BCUT2D eigenvalue weighted by molar-refractivity contribution is -0.147. The highest BCUT2D eigenvalue weighted by molar-refractivity contribution is 5.71. The average Bonchev–Trinajstić information content (AvgIpc) is 2.35. The third-order valence-electron chi connectivity index (χ3n) is 2.22. The molecule has 1 aromatic rings. The zero-order valence-corrected chi connectivity index (χ0v) is 10.5. The number of nitrogens with one attached hydrogen (secondary N) is 1. The van der Waals surface area contributed by atoms with Crippen molar-refractivity contribution in [1.82, 2.24) is 0 Å². The smallest absolute Gasteiger partial charge is 0.420 e. The van der Waals surface area contributed by atoms with Crippen molar-refractivity contribution in [2.45, 2.75) is 13.1 Å². The predicted octanol–water partition coefficient (Wildman–Crippen LogP) is 2.69. The van der Waals surface area contributed by atoms with E-state index in [-0.39, 0.29) is 6.61 Å². The molecule has 0 amide bonds. The van der Waals surface area contributed by atoms with Gasteiger partial charge >= 0.3 is 12.1 Å². The Morgan fingerprint density at radius 1 is 1.37 bits per heavy atom. The summed E-state index contributed by atoms with van der Waals surface area (Å²) in [6.07, 6.45) is -4.56. The van der Waals surface area contributed by atoms with E-state index in [4.69, 9.17) is 4.74 Å². The Bertz CT molecular complexity index is 446. The quantitative estimate of drug-likeness (QED) is 0.841. The Labute approximate surface area is 108 Å². The van der Waals surface area contributed by atoms with E-state index in [1.807, 2.05) is 0 Å². The van der Waals surface area contributed by atoms with Gasteiger partial charge in [-0.2, -0.15) is 13.2 Å². The highest BCUT2D eigenvalue weighted by Gasteiger charge is 2.34. The number of hydrogen-bond donors (Lipinski definition) is 1. The minimum atomic E-state index is -4.56. The molecule has 0 spiro atoms. The van der Waals surface area contributed by atoms with Gasteiger partial charge in [0.2, 0.25) is 0 Å². The van der Waals surface area contributed by atoms with Crippen LogP contribution in [0.1, 0.15) is 12.5 Å². The average molecular weight is 277 g/mol. The summed E-state index contributed by atoms with van der Waals surface area (Å²) < 4.78 is 47.9. The summed E-state index contributed by atoms with van der Waals surface area (Å²) in [5, 5.41) is 2.60. The van der Waals surface area contributed by atoms with Gasteiger partial charge in [-0.25, -0.2) is 4.79 Å². The van der Waals surface area contributed by atoms with Crippen LogP contribution in [0.4, 0.5) is 18.9 Å². The summed E-state index contributed by atoms with van der Waals surface area (Å²) in [7, 11) is 1.51. The van der Waals surface area contributed by atoms with E-state index in [0.717, 1.165) is 12.1 Å². The van der Waals surface area contributed by atoms with Crippen LogP contribution in [0.5, 0.6) is 5.75 Å². The molecule has 0 aromatic heterocycles. The van der Waals surface area contributed by atoms with Gasteiger partial charge in [0, 0.05) is 12.7 Å². The van der Waals surface area contributed by atoms with Crippen LogP contribution in [0, 0.1) is 0 Å².